The Morgan fingerprint density at radius 1 is 0.762 bits per heavy atom. The minimum Gasteiger partial charge on any atom is -0.321 e. The Morgan fingerprint density at radius 3 is 2.31 bits per heavy atom. The summed E-state index contributed by atoms with van der Waals surface area (Å²) in [6, 6.07) is 34.3. The van der Waals surface area contributed by atoms with Crippen molar-refractivity contribution in [2.24, 2.45) is 0 Å². The maximum Gasteiger partial charge on any atom is 0.272 e. The number of fused-ring (bicyclic) bond motifs is 1. The highest BCUT2D eigenvalue weighted by Crippen LogP contribution is 2.27. The van der Waals surface area contributed by atoms with Gasteiger partial charge in [0, 0.05) is 26.7 Å². The molecule has 0 radical (unpaired) electrons. The van der Waals surface area contributed by atoms with E-state index in [-0.39, 0.29) is 17.2 Å². The van der Waals surface area contributed by atoms with E-state index in [1.165, 1.54) is 17.8 Å². The van der Waals surface area contributed by atoms with Crippen LogP contribution in [-0.2, 0) is 4.79 Å². The first-order valence-corrected chi connectivity index (χ1v) is 14.7. The van der Waals surface area contributed by atoms with E-state index in [2.05, 4.69) is 10.6 Å². The van der Waals surface area contributed by atoms with Crippen molar-refractivity contribution < 1.29 is 14.4 Å². The number of halogens is 2. The van der Waals surface area contributed by atoms with Crippen LogP contribution >= 0.6 is 35.0 Å². The number of amides is 2. The second kappa shape index (κ2) is 13.5. The summed E-state index contributed by atoms with van der Waals surface area (Å²) in [6.07, 6.45) is 1.67. The molecule has 42 heavy (non-hydrogen) atoms. The van der Waals surface area contributed by atoms with Gasteiger partial charge >= 0.3 is 0 Å². The first-order chi connectivity index (χ1) is 20.4. The monoisotopic (exact) mass is 610 g/mol. The normalized spacial score (nSPS) is 11.2. The molecule has 208 valence electrons. The third-order valence-electron chi connectivity index (χ3n) is 6.35. The summed E-state index contributed by atoms with van der Waals surface area (Å²) in [7, 11) is 0. The van der Waals surface area contributed by atoms with E-state index >= 15 is 0 Å². The van der Waals surface area contributed by atoms with Crippen LogP contribution < -0.4 is 10.6 Å². The number of ketones is 1. The molecule has 2 amide bonds. The molecule has 0 aliphatic heterocycles. The maximum absolute atomic E-state index is 13.6. The van der Waals surface area contributed by atoms with Crippen LogP contribution in [0.25, 0.3) is 16.8 Å². The molecule has 0 spiro atoms. The van der Waals surface area contributed by atoms with Gasteiger partial charge in [-0.3, -0.25) is 14.4 Å². The standard InChI is InChI=1S/C34H24Cl2N2O3S/c35-25-16-17-29(30(36)19-25)32(39)21-42-27-14-7-13-26(20-27)37-34(41)31(38-33(40)23-9-2-1-3-10-23)18-24-12-6-11-22-8-4-5-15-28(22)24/h1-20H,21H2,(H,37,41)(H,38,40)/b31-18-. The molecule has 0 saturated heterocycles. The van der Waals surface area contributed by atoms with Crippen molar-refractivity contribution in [2.75, 3.05) is 11.1 Å². The lowest BCUT2D eigenvalue weighted by molar-refractivity contribution is -0.113. The van der Waals surface area contributed by atoms with Gasteiger partial charge in [0.1, 0.15) is 5.70 Å². The molecule has 5 rings (SSSR count). The lowest BCUT2D eigenvalue weighted by atomic mass is 10.0. The Kier molecular flexibility index (Phi) is 9.39. The van der Waals surface area contributed by atoms with E-state index in [0.717, 1.165) is 21.2 Å². The predicted octanol–water partition coefficient (Wildman–Crippen LogP) is 8.53. The van der Waals surface area contributed by atoms with E-state index in [1.54, 1.807) is 60.7 Å². The Morgan fingerprint density at radius 2 is 1.50 bits per heavy atom. The Hall–Kier alpha value is -4.36. The number of nitrogens with one attached hydrogen (secondary N) is 2. The second-order valence-electron chi connectivity index (χ2n) is 9.26. The fourth-order valence-electron chi connectivity index (χ4n) is 4.28. The van der Waals surface area contributed by atoms with Crippen LogP contribution in [0, 0.1) is 0 Å². The number of benzene rings is 5. The number of Topliss-reactive ketones (excluding diaryl/α,β-unsaturated/α-hetero) is 1. The predicted molar refractivity (Wildman–Crippen MR) is 172 cm³/mol. The van der Waals surface area contributed by atoms with Gasteiger partial charge in [0.2, 0.25) is 0 Å². The number of carbonyl (C=O) groups excluding carboxylic acids is 3. The molecule has 0 aliphatic carbocycles. The topological polar surface area (TPSA) is 75.3 Å². The lowest BCUT2D eigenvalue weighted by Gasteiger charge is -2.13. The molecular formula is C34H24Cl2N2O3S. The summed E-state index contributed by atoms with van der Waals surface area (Å²) in [5.41, 5.74) is 2.22. The fraction of sp³-hybridized carbons (Fsp3) is 0.0294. The van der Waals surface area contributed by atoms with Crippen LogP contribution in [0.1, 0.15) is 26.3 Å². The van der Waals surface area contributed by atoms with Crippen molar-refractivity contribution in [3.8, 4) is 0 Å². The number of anilines is 1. The average molecular weight is 612 g/mol. The Bertz CT molecular complexity index is 1820. The molecular weight excluding hydrogens is 587 g/mol. The van der Waals surface area contributed by atoms with E-state index in [0.29, 0.717) is 26.9 Å². The highest BCUT2D eigenvalue weighted by molar-refractivity contribution is 8.00. The summed E-state index contributed by atoms with van der Waals surface area (Å²) >= 11 is 13.5. The molecule has 0 saturated carbocycles. The van der Waals surface area contributed by atoms with Gasteiger partial charge in [-0.1, -0.05) is 89.9 Å². The third kappa shape index (κ3) is 7.28. The number of thioether (sulfide) groups is 1. The Balaban J connectivity index is 1.36. The smallest absolute Gasteiger partial charge is 0.272 e. The molecule has 5 nitrogen and oxygen atoms in total. The third-order valence-corrected chi connectivity index (χ3v) is 7.89. The van der Waals surface area contributed by atoms with Crippen molar-refractivity contribution >= 4 is 75.1 Å². The number of hydrogen-bond acceptors (Lipinski definition) is 4. The van der Waals surface area contributed by atoms with Crippen LogP contribution in [0.2, 0.25) is 10.0 Å². The van der Waals surface area contributed by atoms with E-state index in [4.69, 9.17) is 23.2 Å². The lowest BCUT2D eigenvalue weighted by Crippen LogP contribution is -2.30. The van der Waals surface area contributed by atoms with Crippen LogP contribution in [0.15, 0.2) is 126 Å². The zero-order valence-electron chi connectivity index (χ0n) is 22.1. The summed E-state index contributed by atoms with van der Waals surface area (Å²) in [5.74, 6) is -0.877. The molecule has 0 aliphatic rings. The van der Waals surface area contributed by atoms with E-state index < -0.39 is 11.8 Å². The molecule has 2 N–H and O–H groups in total. The quantitative estimate of drug-likeness (QED) is 0.0996. The SMILES string of the molecule is O=C(Nc1cccc(SCC(=O)c2ccc(Cl)cc2Cl)c1)/C(=C/c1cccc2ccccc12)NC(=O)c1ccccc1. The average Bonchev–Trinajstić information content (AvgIpc) is 3.00. The molecule has 5 aromatic carbocycles. The molecule has 5 aromatic rings. The number of carbonyl (C=O) groups is 3. The first-order valence-electron chi connectivity index (χ1n) is 13.0. The number of hydrogen-bond donors (Lipinski definition) is 2. The van der Waals surface area contributed by atoms with Gasteiger partial charge in [-0.05, 0) is 70.9 Å². The molecule has 0 heterocycles. The zero-order chi connectivity index (χ0) is 29.5. The molecule has 8 heteroatoms. The van der Waals surface area contributed by atoms with Gasteiger partial charge in [0.25, 0.3) is 11.8 Å². The Labute approximate surface area is 257 Å². The summed E-state index contributed by atoms with van der Waals surface area (Å²) in [5, 5.41) is 8.40. The van der Waals surface area contributed by atoms with Crippen molar-refractivity contribution in [3.05, 3.63) is 148 Å². The van der Waals surface area contributed by atoms with Gasteiger partial charge in [-0.2, -0.15) is 0 Å². The van der Waals surface area contributed by atoms with Crippen LogP contribution in [0.4, 0.5) is 5.69 Å². The van der Waals surface area contributed by atoms with Crippen LogP contribution in [0.3, 0.4) is 0 Å². The van der Waals surface area contributed by atoms with Crippen molar-refractivity contribution in [1.82, 2.24) is 5.32 Å². The molecule has 0 aromatic heterocycles. The largest absolute Gasteiger partial charge is 0.321 e. The molecule has 0 unspecified atom stereocenters. The minimum atomic E-state index is -0.488. The van der Waals surface area contributed by atoms with Gasteiger partial charge in [-0.15, -0.1) is 11.8 Å². The van der Waals surface area contributed by atoms with E-state index in [9.17, 15) is 14.4 Å². The molecule has 0 atom stereocenters. The van der Waals surface area contributed by atoms with Crippen molar-refractivity contribution in [1.29, 1.82) is 0 Å². The van der Waals surface area contributed by atoms with Crippen molar-refractivity contribution in [2.45, 2.75) is 4.90 Å². The van der Waals surface area contributed by atoms with Crippen LogP contribution in [0.5, 0.6) is 0 Å². The van der Waals surface area contributed by atoms with Crippen LogP contribution in [-0.4, -0.2) is 23.4 Å². The van der Waals surface area contributed by atoms with E-state index in [1.807, 2.05) is 54.6 Å². The highest BCUT2D eigenvalue weighted by Gasteiger charge is 2.17. The minimum absolute atomic E-state index is 0.0887. The summed E-state index contributed by atoms with van der Waals surface area (Å²) in [4.78, 5) is 40.1. The first kappa shape index (κ1) is 29.1. The maximum atomic E-state index is 13.6. The molecule has 0 bridgehead atoms. The van der Waals surface area contributed by atoms with Gasteiger partial charge in [-0.25, -0.2) is 0 Å². The summed E-state index contributed by atoms with van der Waals surface area (Å²) < 4.78 is 0. The van der Waals surface area contributed by atoms with Crippen molar-refractivity contribution in [3.63, 3.8) is 0 Å². The molecule has 0 fully saturated rings. The second-order valence-corrected chi connectivity index (χ2v) is 11.2. The zero-order valence-corrected chi connectivity index (χ0v) is 24.5. The van der Waals surface area contributed by atoms with Gasteiger partial charge in [0.15, 0.2) is 5.78 Å². The summed E-state index contributed by atoms with van der Waals surface area (Å²) in [6.45, 7) is 0. The number of rotatable bonds is 9. The van der Waals surface area contributed by atoms with Gasteiger partial charge < -0.3 is 10.6 Å². The van der Waals surface area contributed by atoms with Gasteiger partial charge in [0.05, 0.1) is 10.8 Å². The fourth-order valence-corrected chi connectivity index (χ4v) is 5.63. The highest BCUT2D eigenvalue weighted by atomic mass is 35.5.